The molecule has 6 nitrogen and oxygen atoms in total. The first kappa shape index (κ1) is 19.7. The molecule has 1 aliphatic rings. The molecular formula is C17H15ClF2N2O4S. The lowest BCUT2D eigenvalue weighted by Gasteiger charge is -2.16. The summed E-state index contributed by atoms with van der Waals surface area (Å²) in [6.45, 7) is -0.804. The molecule has 1 aliphatic heterocycles. The van der Waals surface area contributed by atoms with Crippen LogP contribution in [0.5, 0.6) is 0 Å². The fourth-order valence-electron chi connectivity index (χ4n) is 2.63. The van der Waals surface area contributed by atoms with Crippen molar-refractivity contribution in [3.8, 4) is 0 Å². The Morgan fingerprint density at radius 3 is 2.59 bits per heavy atom. The molecule has 2 atom stereocenters. The summed E-state index contributed by atoms with van der Waals surface area (Å²) >= 11 is 5.66. The second-order valence-corrected chi connectivity index (χ2v) is 8.36. The normalized spacial score (nSPS) is 20.6. The van der Waals surface area contributed by atoms with Crippen molar-refractivity contribution in [2.45, 2.75) is 17.2 Å². The van der Waals surface area contributed by atoms with Gasteiger partial charge in [-0.1, -0.05) is 17.7 Å². The van der Waals surface area contributed by atoms with Crippen molar-refractivity contribution in [2.24, 2.45) is 0 Å². The van der Waals surface area contributed by atoms with Crippen LogP contribution in [-0.2, 0) is 10.0 Å². The number of hydrogen-bond acceptors (Lipinski definition) is 4. The average molecular weight is 417 g/mol. The van der Waals surface area contributed by atoms with E-state index >= 15 is 0 Å². The number of alkyl halides is 1. The summed E-state index contributed by atoms with van der Waals surface area (Å²) in [5.41, 5.74) is 0.274. The van der Waals surface area contributed by atoms with Gasteiger partial charge < -0.3 is 10.4 Å². The second kappa shape index (κ2) is 7.51. The molecule has 1 heterocycles. The first-order valence-corrected chi connectivity index (χ1v) is 9.69. The summed E-state index contributed by atoms with van der Waals surface area (Å²) in [6.07, 6.45) is -3.04. The highest BCUT2D eigenvalue weighted by Crippen LogP contribution is 2.24. The van der Waals surface area contributed by atoms with Gasteiger partial charge in [-0.3, -0.25) is 4.79 Å². The monoisotopic (exact) mass is 416 g/mol. The highest BCUT2D eigenvalue weighted by atomic mass is 35.5. The molecule has 3 rings (SSSR count). The lowest BCUT2D eigenvalue weighted by molar-refractivity contribution is 0.102. The van der Waals surface area contributed by atoms with Crippen LogP contribution >= 0.6 is 11.6 Å². The van der Waals surface area contributed by atoms with Crippen molar-refractivity contribution in [1.29, 1.82) is 0 Å². The van der Waals surface area contributed by atoms with Crippen LogP contribution in [0.2, 0.25) is 5.02 Å². The van der Waals surface area contributed by atoms with Gasteiger partial charge >= 0.3 is 0 Å². The van der Waals surface area contributed by atoms with Crippen LogP contribution in [0.4, 0.5) is 14.5 Å². The number of aliphatic hydroxyl groups excluding tert-OH is 1. The molecule has 2 aromatic carbocycles. The lowest BCUT2D eigenvalue weighted by Crippen LogP contribution is -2.30. The van der Waals surface area contributed by atoms with Gasteiger partial charge in [0.05, 0.1) is 9.92 Å². The number of nitrogens with zero attached hydrogens (tertiary/aromatic N) is 1. The van der Waals surface area contributed by atoms with E-state index in [4.69, 9.17) is 11.6 Å². The molecule has 0 saturated carbocycles. The van der Waals surface area contributed by atoms with Gasteiger partial charge in [-0.05, 0) is 36.4 Å². The molecule has 1 fully saturated rings. The molecule has 0 radical (unpaired) electrons. The van der Waals surface area contributed by atoms with Crippen LogP contribution in [0.3, 0.4) is 0 Å². The molecular weight excluding hydrogens is 402 g/mol. The number of aliphatic hydroxyl groups is 1. The maximum absolute atomic E-state index is 13.5. The lowest BCUT2D eigenvalue weighted by atomic mass is 10.2. The number of anilines is 1. The number of amides is 1. The second-order valence-electron chi connectivity index (χ2n) is 6.02. The smallest absolute Gasteiger partial charge is 0.255 e. The number of sulfonamides is 1. The molecule has 1 amide bonds. The Balaban J connectivity index is 1.82. The van der Waals surface area contributed by atoms with Gasteiger partial charge in [-0.25, -0.2) is 17.2 Å². The van der Waals surface area contributed by atoms with E-state index < -0.39 is 40.6 Å². The van der Waals surface area contributed by atoms with Crippen molar-refractivity contribution in [2.75, 3.05) is 18.4 Å². The van der Waals surface area contributed by atoms with E-state index in [1.807, 2.05) is 0 Å². The highest BCUT2D eigenvalue weighted by molar-refractivity contribution is 7.89. The Morgan fingerprint density at radius 1 is 1.22 bits per heavy atom. The molecule has 2 unspecified atom stereocenters. The third-order valence-corrected chi connectivity index (χ3v) is 6.22. The molecule has 1 saturated heterocycles. The molecule has 10 heteroatoms. The summed E-state index contributed by atoms with van der Waals surface area (Å²) < 4.78 is 52.7. The molecule has 0 bridgehead atoms. The zero-order valence-electron chi connectivity index (χ0n) is 13.8. The number of hydrogen-bond donors (Lipinski definition) is 2. The Labute approximate surface area is 159 Å². The van der Waals surface area contributed by atoms with Crippen molar-refractivity contribution >= 4 is 33.2 Å². The van der Waals surface area contributed by atoms with Gasteiger partial charge in [0.25, 0.3) is 5.91 Å². The summed E-state index contributed by atoms with van der Waals surface area (Å²) in [4.78, 5) is 12.2. The predicted octanol–water partition coefficient (Wildman–Crippen LogP) is 2.43. The van der Waals surface area contributed by atoms with Gasteiger partial charge in [0, 0.05) is 24.3 Å². The topological polar surface area (TPSA) is 86.7 Å². The number of halogens is 3. The van der Waals surface area contributed by atoms with Crippen LogP contribution in [0.25, 0.3) is 0 Å². The van der Waals surface area contributed by atoms with Gasteiger partial charge in [0.15, 0.2) is 0 Å². The molecule has 27 heavy (non-hydrogen) atoms. The van der Waals surface area contributed by atoms with E-state index in [9.17, 15) is 27.1 Å². The zero-order valence-corrected chi connectivity index (χ0v) is 15.3. The van der Waals surface area contributed by atoms with Gasteiger partial charge in [0.1, 0.15) is 18.1 Å². The number of rotatable bonds is 4. The highest BCUT2D eigenvalue weighted by Gasteiger charge is 2.38. The number of carbonyl (C=O) groups is 1. The molecule has 0 aliphatic carbocycles. The standard InChI is InChI=1S/C17H15ClF2N2O4S/c18-13-7-11(4-5-14(13)19)21-17(24)10-2-1-3-12(6-10)27(25,26)22-8-15(20)16(23)9-22/h1-7,15-16,23H,8-9H2,(H,21,24). The van der Waals surface area contributed by atoms with Gasteiger partial charge in [0.2, 0.25) is 10.0 Å². The molecule has 0 aromatic heterocycles. The first-order chi connectivity index (χ1) is 12.7. The van der Waals surface area contributed by atoms with E-state index in [2.05, 4.69) is 5.32 Å². The Kier molecular flexibility index (Phi) is 5.48. The Hall–Kier alpha value is -2.07. The van der Waals surface area contributed by atoms with Crippen LogP contribution in [0.1, 0.15) is 10.4 Å². The van der Waals surface area contributed by atoms with Crippen molar-refractivity contribution < 1.29 is 27.1 Å². The minimum absolute atomic E-state index is 0.0352. The molecule has 2 aromatic rings. The van der Waals surface area contributed by atoms with Crippen molar-refractivity contribution in [3.05, 3.63) is 58.9 Å². The van der Waals surface area contributed by atoms with Crippen molar-refractivity contribution in [1.82, 2.24) is 4.31 Å². The van der Waals surface area contributed by atoms with E-state index in [0.717, 1.165) is 16.4 Å². The van der Waals surface area contributed by atoms with E-state index in [1.54, 1.807) is 0 Å². The van der Waals surface area contributed by atoms with E-state index in [1.165, 1.54) is 30.3 Å². The fourth-order valence-corrected chi connectivity index (χ4v) is 4.33. The number of benzene rings is 2. The van der Waals surface area contributed by atoms with E-state index in [-0.39, 0.29) is 27.7 Å². The molecule has 144 valence electrons. The van der Waals surface area contributed by atoms with Crippen LogP contribution in [0, 0.1) is 5.82 Å². The third-order valence-electron chi connectivity index (χ3n) is 4.10. The number of carbonyl (C=O) groups excluding carboxylic acids is 1. The first-order valence-electron chi connectivity index (χ1n) is 7.87. The maximum atomic E-state index is 13.5. The number of β-amino-alcohol motifs (C(OH)–C–C–N with tert-alkyl or cyclic N) is 1. The maximum Gasteiger partial charge on any atom is 0.255 e. The van der Waals surface area contributed by atoms with Gasteiger partial charge in [-0.2, -0.15) is 4.31 Å². The number of nitrogens with one attached hydrogen (secondary N) is 1. The third kappa shape index (κ3) is 4.11. The summed E-state index contributed by atoms with van der Waals surface area (Å²) in [5, 5.41) is 11.8. The summed E-state index contributed by atoms with van der Waals surface area (Å²) in [6, 6.07) is 8.82. The van der Waals surface area contributed by atoms with E-state index in [0.29, 0.717) is 0 Å². The Morgan fingerprint density at radius 2 is 1.96 bits per heavy atom. The molecule has 2 N–H and O–H groups in total. The minimum Gasteiger partial charge on any atom is -0.389 e. The Bertz CT molecular complexity index is 977. The summed E-state index contributed by atoms with van der Waals surface area (Å²) in [5.74, 6) is -1.26. The van der Waals surface area contributed by atoms with Crippen LogP contribution < -0.4 is 5.32 Å². The van der Waals surface area contributed by atoms with Gasteiger partial charge in [-0.15, -0.1) is 0 Å². The van der Waals surface area contributed by atoms with Crippen molar-refractivity contribution in [3.63, 3.8) is 0 Å². The summed E-state index contributed by atoms with van der Waals surface area (Å²) in [7, 11) is -4.06. The largest absolute Gasteiger partial charge is 0.389 e. The van der Waals surface area contributed by atoms with Crippen LogP contribution in [0.15, 0.2) is 47.4 Å². The SMILES string of the molecule is O=C(Nc1ccc(F)c(Cl)c1)c1cccc(S(=O)(=O)N2CC(O)C(F)C2)c1. The minimum atomic E-state index is -4.06. The fraction of sp³-hybridized carbons (Fsp3) is 0.235. The average Bonchev–Trinajstić information content (AvgIpc) is 2.98. The quantitative estimate of drug-likeness (QED) is 0.801. The zero-order chi connectivity index (χ0) is 19.8. The van der Waals surface area contributed by atoms with Crippen LogP contribution in [-0.4, -0.2) is 49.1 Å². The predicted molar refractivity (Wildman–Crippen MR) is 95.5 cm³/mol. The molecule has 0 spiro atoms.